The molecule has 3 aromatic rings. The largest absolute Gasteiger partial charge is 0.508 e. The van der Waals surface area contributed by atoms with Crippen LogP contribution in [0, 0.1) is 6.92 Å². The van der Waals surface area contributed by atoms with Crippen molar-refractivity contribution in [1.82, 2.24) is 0 Å². The maximum absolute atomic E-state index is 12.2. The second kappa shape index (κ2) is 7.01. The first-order valence-corrected chi connectivity index (χ1v) is 8.93. The van der Waals surface area contributed by atoms with E-state index in [9.17, 15) is 19.8 Å². The van der Waals surface area contributed by atoms with E-state index in [1.165, 1.54) is 25.3 Å². The molecule has 2 N–H and O–H groups in total. The Morgan fingerprint density at radius 2 is 1.79 bits per heavy atom. The molecule has 0 bridgehead atoms. The fourth-order valence-electron chi connectivity index (χ4n) is 3.73. The third-order valence-electron chi connectivity index (χ3n) is 5.03. The lowest BCUT2D eigenvalue weighted by Crippen LogP contribution is -2.22. The number of hydrogen-bond acceptors (Lipinski definition) is 7. The summed E-state index contributed by atoms with van der Waals surface area (Å²) in [4.78, 5) is 24.0. The highest BCUT2D eigenvalue weighted by molar-refractivity contribution is 5.82. The number of ether oxygens (including phenoxy) is 2. The number of phenols is 2. The number of phenolic OH excluding ortho intramolecular Hbond substituents is 2. The van der Waals surface area contributed by atoms with Crippen LogP contribution in [-0.2, 0) is 4.79 Å². The van der Waals surface area contributed by atoms with Gasteiger partial charge in [-0.05, 0) is 30.2 Å². The highest BCUT2D eigenvalue weighted by Crippen LogP contribution is 2.47. The second-order valence-electron chi connectivity index (χ2n) is 6.81. The van der Waals surface area contributed by atoms with Crippen LogP contribution in [-0.4, -0.2) is 23.3 Å². The highest BCUT2D eigenvalue weighted by Gasteiger charge is 2.33. The first-order chi connectivity index (χ1) is 13.9. The molecule has 0 aliphatic carbocycles. The quantitative estimate of drug-likeness (QED) is 0.517. The van der Waals surface area contributed by atoms with Crippen LogP contribution in [0.1, 0.15) is 29.0 Å². The summed E-state index contributed by atoms with van der Waals surface area (Å²) >= 11 is 0. The molecule has 2 heterocycles. The number of rotatable bonds is 3. The molecule has 2 aromatic carbocycles. The van der Waals surface area contributed by atoms with E-state index >= 15 is 0 Å². The Morgan fingerprint density at radius 1 is 1.07 bits per heavy atom. The predicted octanol–water partition coefficient (Wildman–Crippen LogP) is 3.48. The van der Waals surface area contributed by atoms with Gasteiger partial charge in [-0.3, -0.25) is 4.79 Å². The Hall–Kier alpha value is -3.74. The lowest BCUT2D eigenvalue weighted by atomic mass is 9.82. The fourth-order valence-corrected chi connectivity index (χ4v) is 3.73. The lowest BCUT2D eigenvalue weighted by molar-refractivity contribution is -0.135. The number of fused-ring (bicyclic) bond motifs is 1. The van der Waals surface area contributed by atoms with Crippen molar-refractivity contribution in [3.63, 3.8) is 0 Å². The Morgan fingerprint density at radius 3 is 2.48 bits per heavy atom. The second-order valence-corrected chi connectivity index (χ2v) is 6.81. The summed E-state index contributed by atoms with van der Waals surface area (Å²) in [6.07, 6.45) is 0.102. The van der Waals surface area contributed by atoms with Crippen molar-refractivity contribution in [2.75, 3.05) is 7.11 Å². The first-order valence-electron chi connectivity index (χ1n) is 8.93. The van der Waals surface area contributed by atoms with Gasteiger partial charge >= 0.3 is 11.6 Å². The molecule has 0 fully saturated rings. The molecule has 0 saturated heterocycles. The van der Waals surface area contributed by atoms with Crippen LogP contribution < -0.4 is 15.1 Å². The van der Waals surface area contributed by atoms with Crippen molar-refractivity contribution in [3.05, 3.63) is 69.6 Å². The zero-order chi connectivity index (χ0) is 20.7. The number of hydrogen-bond donors (Lipinski definition) is 2. The smallest absolute Gasteiger partial charge is 0.339 e. The molecule has 1 aliphatic rings. The third-order valence-corrected chi connectivity index (χ3v) is 5.03. The number of carbonyl (C=O) groups is 1. The van der Waals surface area contributed by atoms with Crippen LogP contribution in [0.15, 0.2) is 51.7 Å². The van der Waals surface area contributed by atoms with Crippen molar-refractivity contribution in [2.45, 2.75) is 19.3 Å². The molecule has 4 rings (SSSR count). The molecule has 1 aliphatic heterocycles. The zero-order valence-electron chi connectivity index (χ0n) is 15.8. The van der Waals surface area contributed by atoms with Crippen molar-refractivity contribution in [1.29, 1.82) is 0 Å². The minimum absolute atomic E-state index is 0.102. The SMILES string of the molecule is COc1cc(-c2c(O)cc3c(c2C)[C@@H](c2ccc(O)cc2)CC(=O)O3)oc(=O)c1. The maximum atomic E-state index is 12.2. The van der Waals surface area contributed by atoms with Gasteiger partial charge < -0.3 is 24.1 Å². The van der Waals surface area contributed by atoms with Gasteiger partial charge in [-0.2, -0.15) is 0 Å². The van der Waals surface area contributed by atoms with Gasteiger partial charge in [-0.15, -0.1) is 0 Å². The van der Waals surface area contributed by atoms with Crippen LogP contribution in [0.2, 0.25) is 0 Å². The Kier molecular flexibility index (Phi) is 4.50. The average Bonchev–Trinajstić information content (AvgIpc) is 2.67. The van der Waals surface area contributed by atoms with Crippen LogP contribution >= 0.6 is 0 Å². The summed E-state index contributed by atoms with van der Waals surface area (Å²) in [7, 11) is 1.43. The molecule has 1 atom stereocenters. The van der Waals surface area contributed by atoms with Gasteiger partial charge in [0.1, 0.15) is 28.8 Å². The van der Waals surface area contributed by atoms with Gasteiger partial charge in [-0.25, -0.2) is 4.79 Å². The Balaban J connectivity index is 1.95. The highest BCUT2D eigenvalue weighted by atomic mass is 16.5. The van der Waals surface area contributed by atoms with E-state index in [1.54, 1.807) is 31.2 Å². The molecule has 0 unspecified atom stereocenters. The van der Waals surface area contributed by atoms with E-state index in [1.807, 2.05) is 0 Å². The molecule has 29 heavy (non-hydrogen) atoms. The van der Waals surface area contributed by atoms with Crippen LogP contribution in [0.3, 0.4) is 0 Å². The molecule has 1 aromatic heterocycles. The normalized spacial score (nSPS) is 15.5. The summed E-state index contributed by atoms with van der Waals surface area (Å²) in [5, 5.41) is 20.2. The summed E-state index contributed by atoms with van der Waals surface area (Å²) in [6.45, 7) is 1.76. The lowest BCUT2D eigenvalue weighted by Gasteiger charge is -2.28. The van der Waals surface area contributed by atoms with Gasteiger partial charge in [-0.1, -0.05) is 12.1 Å². The molecular weight excluding hydrogens is 376 g/mol. The molecule has 0 radical (unpaired) electrons. The van der Waals surface area contributed by atoms with E-state index in [0.717, 1.165) is 5.56 Å². The summed E-state index contributed by atoms with van der Waals surface area (Å²) in [5.41, 5.74) is 1.84. The maximum Gasteiger partial charge on any atom is 0.339 e. The number of benzene rings is 2. The van der Waals surface area contributed by atoms with E-state index < -0.39 is 11.6 Å². The topological polar surface area (TPSA) is 106 Å². The molecular formula is C22H18O7. The first kappa shape index (κ1) is 18.6. The van der Waals surface area contributed by atoms with Crippen molar-refractivity contribution >= 4 is 5.97 Å². The van der Waals surface area contributed by atoms with Gasteiger partial charge in [0.2, 0.25) is 0 Å². The third kappa shape index (κ3) is 3.31. The van der Waals surface area contributed by atoms with Gasteiger partial charge in [0.15, 0.2) is 0 Å². The van der Waals surface area contributed by atoms with Crippen LogP contribution in [0.5, 0.6) is 23.0 Å². The number of methoxy groups -OCH3 is 1. The summed E-state index contributed by atoms with van der Waals surface area (Å²) in [6, 6.07) is 10.6. The molecule has 0 spiro atoms. The zero-order valence-corrected chi connectivity index (χ0v) is 15.8. The van der Waals surface area contributed by atoms with Crippen LogP contribution in [0.25, 0.3) is 11.3 Å². The molecule has 0 saturated carbocycles. The van der Waals surface area contributed by atoms with Gasteiger partial charge in [0, 0.05) is 23.6 Å². The van der Waals surface area contributed by atoms with Crippen LogP contribution in [0.4, 0.5) is 0 Å². The monoisotopic (exact) mass is 394 g/mol. The average molecular weight is 394 g/mol. The van der Waals surface area contributed by atoms with Gasteiger partial charge in [0.25, 0.3) is 0 Å². The fraction of sp³-hybridized carbons (Fsp3) is 0.182. The predicted molar refractivity (Wildman–Crippen MR) is 104 cm³/mol. The number of esters is 1. The Bertz CT molecular complexity index is 1160. The standard InChI is InChI=1S/C22H18O7/c1-11-21-15(12-3-5-13(23)6-4-12)9-20(26)29-18(21)10-16(24)22(11)17-7-14(27-2)8-19(25)28-17/h3-8,10,15,23-24H,9H2,1-2H3/t15-/m1/s1. The van der Waals surface area contributed by atoms with E-state index in [0.29, 0.717) is 22.4 Å². The van der Waals surface area contributed by atoms with Crippen molar-refractivity contribution < 1.29 is 28.9 Å². The Labute approximate surface area is 165 Å². The summed E-state index contributed by atoms with van der Waals surface area (Å²) < 4.78 is 15.8. The number of aromatic hydroxyl groups is 2. The van der Waals surface area contributed by atoms with Gasteiger partial charge in [0.05, 0.1) is 25.2 Å². The van der Waals surface area contributed by atoms with E-state index in [4.69, 9.17) is 13.9 Å². The van der Waals surface area contributed by atoms with Crippen molar-refractivity contribution in [2.24, 2.45) is 0 Å². The minimum atomic E-state index is -0.614. The molecule has 148 valence electrons. The van der Waals surface area contributed by atoms with E-state index in [-0.39, 0.29) is 35.3 Å². The minimum Gasteiger partial charge on any atom is -0.508 e. The van der Waals surface area contributed by atoms with E-state index in [2.05, 4.69) is 0 Å². The van der Waals surface area contributed by atoms with Crippen molar-refractivity contribution in [3.8, 4) is 34.3 Å². The molecule has 0 amide bonds. The number of carbonyl (C=O) groups excluding carboxylic acids is 1. The molecule has 7 heteroatoms. The summed E-state index contributed by atoms with van der Waals surface area (Å²) in [5.74, 6) is -0.130. The molecule has 7 nitrogen and oxygen atoms in total.